The summed E-state index contributed by atoms with van der Waals surface area (Å²) in [5, 5.41) is 4.15. The van der Waals surface area contributed by atoms with Crippen molar-refractivity contribution in [3.8, 4) is 0 Å². The molecular weight excluding hydrogens is 312 g/mol. The molecule has 0 spiro atoms. The van der Waals surface area contributed by atoms with Crippen molar-refractivity contribution in [1.29, 1.82) is 0 Å². The van der Waals surface area contributed by atoms with E-state index in [4.69, 9.17) is 5.73 Å². The Morgan fingerprint density at radius 1 is 1.43 bits per heavy atom. The average Bonchev–Trinajstić information content (AvgIpc) is 2.81. The van der Waals surface area contributed by atoms with E-state index in [-0.39, 0.29) is 24.3 Å². The lowest BCUT2D eigenvalue weighted by atomic mass is 9.97. The summed E-state index contributed by atoms with van der Waals surface area (Å²) in [5.41, 5.74) is 6.33. The lowest BCUT2D eigenvalue weighted by Gasteiger charge is -2.30. The smallest absolute Gasteiger partial charge is 0.231 e. The number of aryl methyl sites for hydroxylation is 3. The summed E-state index contributed by atoms with van der Waals surface area (Å²) in [6.45, 7) is 6.49. The van der Waals surface area contributed by atoms with E-state index in [2.05, 4.69) is 17.2 Å². The molecule has 7 heteroatoms. The average molecular weight is 338 g/mol. The van der Waals surface area contributed by atoms with Crippen molar-refractivity contribution in [2.75, 3.05) is 26.2 Å². The van der Waals surface area contributed by atoms with Crippen LogP contribution in [0.25, 0.3) is 0 Å². The van der Waals surface area contributed by atoms with Gasteiger partial charge in [-0.25, -0.2) is 4.98 Å². The molecule has 0 saturated carbocycles. The van der Waals surface area contributed by atoms with Crippen molar-refractivity contribution in [3.63, 3.8) is 0 Å². The fourth-order valence-electron chi connectivity index (χ4n) is 2.88. The number of hydrogen-bond donors (Lipinski definition) is 2. The largest absolute Gasteiger partial charge is 0.369 e. The topological polar surface area (TPSA) is 88.3 Å². The number of primary amides is 1. The van der Waals surface area contributed by atoms with Gasteiger partial charge in [0.2, 0.25) is 11.8 Å². The van der Waals surface area contributed by atoms with Gasteiger partial charge in [-0.05, 0) is 39.7 Å². The molecule has 1 fully saturated rings. The van der Waals surface area contributed by atoms with Gasteiger partial charge in [-0.1, -0.05) is 0 Å². The fourth-order valence-corrected chi connectivity index (χ4v) is 3.85. The molecule has 1 aromatic heterocycles. The number of rotatable bonds is 7. The summed E-state index contributed by atoms with van der Waals surface area (Å²) in [4.78, 5) is 31.0. The molecule has 1 aliphatic rings. The van der Waals surface area contributed by atoms with Crippen LogP contribution >= 0.6 is 11.3 Å². The van der Waals surface area contributed by atoms with Crippen LogP contribution in [-0.4, -0.2) is 47.9 Å². The first-order chi connectivity index (χ1) is 11.0. The minimum atomic E-state index is -0.333. The van der Waals surface area contributed by atoms with E-state index in [9.17, 15) is 9.59 Å². The van der Waals surface area contributed by atoms with Gasteiger partial charge in [0.1, 0.15) is 0 Å². The Kier molecular flexibility index (Phi) is 6.53. The van der Waals surface area contributed by atoms with E-state index in [0.717, 1.165) is 42.9 Å². The normalized spacial score (nSPS) is 18.8. The van der Waals surface area contributed by atoms with E-state index in [1.54, 1.807) is 11.3 Å². The molecular formula is C16H26N4O2S. The summed E-state index contributed by atoms with van der Waals surface area (Å²) < 4.78 is 0. The molecule has 1 saturated heterocycles. The molecule has 128 valence electrons. The maximum atomic E-state index is 12.2. The molecule has 3 N–H and O–H groups in total. The molecule has 0 bridgehead atoms. The monoisotopic (exact) mass is 338 g/mol. The minimum Gasteiger partial charge on any atom is -0.369 e. The zero-order valence-corrected chi connectivity index (χ0v) is 14.7. The molecule has 1 atom stereocenters. The number of carbonyl (C=O) groups excluding carboxylic acids is 2. The summed E-state index contributed by atoms with van der Waals surface area (Å²) >= 11 is 1.73. The first kappa shape index (κ1) is 17.9. The first-order valence-electron chi connectivity index (χ1n) is 8.17. The standard InChI is InChI=1S/C16H26N4O2S/c1-11-12(2)23-15(19-11)6-3-7-18-16(22)13-5-4-8-20(9-13)10-14(17)21/h13H,3-10H2,1-2H3,(H2,17,21)(H,18,22)/t13-/m1/s1. The number of nitrogens with two attached hydrogens (primary N) is 1. The van der Waals surface area contributed by atoms with Crippen LogP contribution < -0.4 is 11.1 Å². The quantitative estimate of drug-likeness (QED) is 0.726. The van der Waals surface area contributed by atoms with E-state index >= 15 is 0 Å². The van der Waals surface area contributed by atoms with Crippen LogP contribution in [0.4, 0.5) is 0 Å². The Morgan fingerprint density at radius 2 is 2.22 bits per heavy atom. The van der Waals surface area contributed by atoms with Crippen molar-refractivity contribution in [3.05, 3.63) is 15.6 Å². The molecule has 1 aliphatic heterocycles. The van der Waals surface area contributed by atoms with Gasteiger partial charge in [0.05, 0.1) is 23.2 Å². The Hall–Kier alpha value is -1.47. The molecule has 0 radical (unpaired) electrons. The van der Waals surface area contributed by atoms with Crippen LogP contribution in [-0.2, 0) is 16.0 Å². The molecule has 6 nitrogen and oxygen atoms in total. The molecule has 0 unspecified atom stereocenters. The van der Waals surface area contributed by atoms with Gasteiger partial charge in [-0.2, -0.15) is 0 Å². The van der Waals surface area contributed by atoms with Gasteiger partial charge in [-0.3, -0.25) is 14.5 Å². The summed E-state index contributed by atoms with van der Waals surface area (Å²) in [6, 6.07) is 0. The third-order valence-corrected chi connectivity index (χ3v) is 5.33. The first-order valence-corrected chi connectivity index (χ1v) is 8.98. The highest BCUT2D eigenvalue weighted by Gasteiger charge is 2.26. The third-order valence-electron chi connectivity index (χ3n) is 4.20. The zero-order chi connectivity index (χ0) is 16.8. The van der Waals surface area contributed by atoms with E-state index in [1.165, 1.54) is 4.88 Å². The minimum absolute atomic E-state index is 0.0348. The van der Waals surface area contributed by atoms with Crippen LogP contribution in [0.2, 0.25) is 0 Å². The maximum Gasteiger partial charge on any atom is 0.231 e. The van der Waals surface area contributed by atoms with Crippen molar-refractivity contribution in [2.45, 2.75) is 39.5 Å². The maximum absolute atomic E-state index is 12.2. The number of nitrogens with zero attached hydrogens (tertiary/aromatic N) is 2. The number of aromatic nitrogens is 1. The molecule has 0 aliphatic carbocycles. The van der Waals surface area contributed by atoms with Crippen molar-refractivity contribution in [1.82, 2.24) is 15.2 Å². The Morgan fingerprint density at radius 3 is 2.87 bits per heavy atom. The second-order valence-electron chi connectivity index (χ2n) is 6.18. The van der Waals surface area contributed by atoms with Crippen LogP contribution in [0, 0.1) is 19.8 Å². The Bertz CT molecular complexity index is 539. The zero-order valence-electron chi connectivity index (χ0n) is 13.9. The SMILES string of the molecule is Cc1nc(CCCNC(=O)[C@@H]2CCCN(CC(N)=O)C2)sc1C. The van der Waals surface area contributed by atoms with Gasteiger partial charge in [-0.15, -0.1) is 11.3 Å². The number of piperidine rings is 1. The summed E-state index contributed by atoms with van der Waals surface area (Å²) in [6.07, 6.45) is 3.61. The number of amides is 2. The molecule has 0 aromatic carbocycles. The van der Waals surface area contributed by atoms with Crippen molar-refractivity contribution < 1.29 is 9.59 Å². The second-order valence-corrected chi connectivity index (χ2v) is 7.47. The lowest BCUT2D eigenvalue weighted by Crippen LogP contribution is -2.45. The predicted molar refractivity (Wildman–Crippen MR) is 91.3 cm³/mol. The van der Waals surface area contributed by atoms with Crippen molar-refractivity contribution >= 4 is 23.2 Å². The number of nitrogens with one attached hydrogen (secondary N) is 1. The van der Waals surface area contributed by atoms with Gasteiger partial charge in [0, 0.05) is 24.4 Å². The van der Waals surface area contributed by atoms with Crippen LogP contribution in [0.15, 0.2) is 0 Å². The van der Waals surface area contributed by atoms with Gasteiger partial charge in [0.25, 0.3) is 0 Å². The molecule has 2 rings (SSSR count). The highest BCUT2D eigenvalue weighted by molar-refractivity contribution is 7.11. The van der Waals surface area contributed by atoms with Crippen LogP contribution in [0.3, 0.4) is 0 Å². The summed E-state index contributed by atoms with van der Waals surface area (Å²) in [5.74, 6) is -0.279. The van der Waals surface area contributed by atoms with E-state index in [0.29, 0.717) is 13.1 Å². The molecule has 1 aromatic rings. The van der Waals surface area contributed by atoms with E-state index < -0.39 is 0 Å². The second kappa shape index (κ2) is 8.40. The van der Waals surface area contributed by atoms with Crippen molar-refractivity contribution in [2.24, 2.45) is 11.7 Å². The predicted octanol–water partition coefficient (Wildman–Crippen LogP) is 1.01. The molecule has 2 amide bonds. The highest BCUT2D eigenvalue weighted by atomic mass is 32.1. The number of likely N-dealkylation sites (tertiary alicyclic amines) is 1. The number of thiazole rings is 1. The third kappa shape index (κ3) is 5.58. The van der Waals surface area contributed by atoms with E-state index in [1.807, 2.05) is 11.8 Å². The van der Waals surface area contributed by atoms with Gasteiger partial charge in [0.15, 0.2) is 0 Å². The van der Waals surface area contributed by atoms with Crippen LogP contribution in [0.1, 0.15) is 34.8 Å². The lowest BCUT2D eigenvalue weighted by molar-refractivity contribution is -0.128. The Balaban J connectivity index is 1.68. The Labute approximate surface area is 141 Å². The van der Waals surface area contributed by atoms with Crippen LogP contribution in [0.5, 0.6) is 0 Å². The van der Waals surface area contributed by atoms with Gasteiger partial charge >= 0.3 is 0 Å². The highest BCUT2D eigenvalue weighted by Crippen LogP contribution is 2.18. The molecule has 2 heterocycles. The van der Waals surface area contributed by atoms with Gasteiger partial charge < -0.3 is 11.1 Å². The fraction of sp³-hybridized carbons (Fsp3) is 0.688. The molecule has 23 heavy (non-hydrogen) atoms. The number of carbonyl (C=O) groups is 2. The number of hydrogen-bond acceptors (Lipinski definition) is 5. The summed E-state index contributed by atoms with van der Waals surface area (Å²) in [7, 11) is 0.